The Balaban J connectivity index is 2.54. The molecule has 0 saturated carbocycles. The third kappa shape index (κ3) is 2.10. The van der Waals surface area contributed by atoms with Crippen molar-refractivity contribution in [1.82, 2.24) is 0 Å². The molecule has 2 aromatic carbocycles. The van der Waals surface area contributed by atoms with E-state index in [1.165, 1.54) is 6.92 Å². The van der Waals surface area contributed by atoms with Crippen LogP contribution in [0.15, 0.2) is 36.4 Å². The molecular formula is C12H10ClNO. The third-order valence-electron chi connectivity index (χ3n) is 2.15. The van der Waals surface area contributed by atoms with E-state index in [-0.39, 0.29) is 5.91 Å². The van der Waals surface area contributed by atoms with Crippen LogP contribution in [0.4, 0.5) is 5.69 Å². The van der Waals surface area contributed by atoms with Crippen LogP contribution < -0.4 is 5.32 Å². The van der Waals surface area contributed by atoms with Gasteiger partial charge in [0.1, 0.15) is 0 Å². The van der Waals surface area contributed by atoms with Crippen LogP contribution >= 0.6 is 11.6 Å². The second-order valence-electron chi connectivity index (χ2n) is 3.36. The number of benzene rings is 2. The molecule has 0 radical (unpaired) electrons. The minimum Gasteiger partial charge on any atom is -0.326 e. The van der Waals surface area contributed by atoms with E-state index in [2.05, 4.69) is 5.32 Å². The van der Waals surface area contributed by atoms with Gasteiger partial charge in [-0.25, -0.2) is 0 Å². The lowest BCUT2D eigenvalue weighted by molar-refractivity contribution is -0.114. The Hall–Kier alpha value is -1.54. The van der Waals surface area contributed by atoms with E-state index < -0.39 is 0 Å². The molecule has 3 heteroatoms. The van der Waals surface area contributed by atoms with Gasteiger partial charge in [0.2, 0.25) is 5.91 Å². The molecule has 15 heavy (non-hydrogen) atoms. The summed E-state index contributed by atoms with van der Waals surface area (Å²) in [6, 6.07) is 11.4. The maximum Gasteiger partial charge on any atom is 0.221 e. The molecular weight excluding hydrogens is 210 g/mol. The number of hydrogen-bond donors (Lipinski definition) is 1. The van der Waals surface area contributed by atoms with Gasteiger partial charge >= 0.3 is 0 Å². The van der Waals surface area contributed by atoms with Gasteiger partial charge in [0.25, 0.3) is 0 Å². The molecule has 0 unspecified atom stereocenters. The van der Waals surface area contributed by atoms with Crippen molar-refractivity contribution < 1.29 is 4.79 Å². The first-order chi connectivity index (χ1) is 7.16. The second kappa shape index (κ2) is 3.91. The van der Waals surface area contributed by atoms with Crippen molar-refractivity contribution >= 4 is 34.0 Å². The first-order valence-corrected chi connectivity index (χ1v) is 5.00. The normalized spacial score (nSPS) is 10.3. The molecule has 0 fully saturated rings. The van der Waals surface area contributed by atoms with Crippen LogP contribution in [0, 0.1) is 0 Å². The number of nitrogens with one attached hydrogen (secondary N) is 1. The second-order valence-corrected chi connectivity index (χ2v) is 3.76. The Labute approximate surface area is 92.9 Å². The summed E-state index contributed by atoms with van der Waals surface area (Å²) in [6.07, 6.45) is 0. The van der Waals surface area contributed by atoms with Crippen molar-refractivity contribution in [3.63, 3.8) is 0 Å². The summed E-state index contributed by atoms with van der Waals surface area (Å²) in [5.41, 5.74) is 0.767. The minimum absolute atomic E-state index is 0.0820. The van der Waals surface area contributed by atoms with Crippen LogP contribution in [0.1, 0.15) is 6.92 Å². The highest BCUT2D eigenvalue weighted by Crippen LogP contribution is 2.26. The topological polar surface area (TPSA) is 29.1 Å². The number of anilines is 1. The van der Waals surface area contributed by atoms with E-state index in [0.29, 0.717) is 5.02 Å². The Kier molecular flexibility index (Phi) is 2.60. The summed E-state index contributed by atoms with van der Waals surface area (Å²) in [5, 5.41) is 5.44. The summed E-state index contributed by atoms with van der Waals surface area (Å²) in [4.78, 5) is 10.9. The smallest absolute Gasteiger partial charge is 0.221 e. The van der Waals surface area contributed by atoms with Crippen LogP contribution in [0.2, 0.25) is 5.02 Å². The Morgan fingerprint density at radius 2 is 2.07 bits per heavy atom. The van der Waals surface area contributed by atoms with E-state index in [1.807, 2.05) is 36.4 Å². The summed E-state index contributed by atoms with van der Waals surface area (Å²) in [6.45, 7) is 1.48. The average molecular weight is 220 g/mol. The summed E-state index contributed by atoms with van der Waals surface area (Å²) in [5.74, 6) is -0.0820. The molecule has 2 nitrogen and oxygen atoms in total. The molecule has 0 spiro atoms. The van der Waals surface area contributed by atoms with E-state index in [4.69, 9.17) is 11.6 Å². The molecule has 2 rings (SSSR count). The van der Waals surface area contributed by atoms with Gasteiger partial charge < -0.3 is 5.32 Å². The molecule has 0 saturated heterocycles. The SMILES string of the molecule is CC(=O)Nc1ccc2cccc(Cl)c2c1. The van der Waals surface area contributed by atoms with E-state index in [1.54, 1.807) is 0 Å². The predicted octanol–water partition coefficient (Wildman–Crippen LogP) is 3.45. The van der Waals surface area contributed by atoms with E-state index >= 15 is 0 Å². The number of carbonyl (C=O) groups is 1. The number of fused-ring (bicyclic) bond motifs is 1. The highest BCUT2D eigenvalue weighted by molar-refractivity contribution is 6.35. The standard InChI is InChI=1S/C12H10ClNO/c1-8(15)14-10-6-5-9-3-2-4-12(13)11(9)7-10/h2-7H,1H3,(H,14,15). The number of amides is 1. The fourth-order valence-corrected chi connectivity index (χ4v) is 1.75. The number of hydrogen-bond acceptors (Lipinski definition) is 1. The summed E-state index contributed by atoms with van der Waals surface area (Å²) < 4.78 is 0. The van der Waals surface area contributed by atoms with E-state index in [0.717, 1.165) is 16.5 Å². The van der Waals surface area contributed by atoms with Gasteiger partial charge in [-0.15, -0.1) is 0 Å². The molecule has 0 aromatic heterocycles. The lowest BCUT2D eigenvalue weighted by Crippen LogP contribution is -2.05. The highest BCUT2D eigenvalue weighted by Gasteiger charge is 2.00. The number of halogens is 1. The van der Waals surface area contributed by atoms with Crippen molar-refractivity contribution in [2.75, 3.05) is 5.32 Å². The lowest BCUT2D eigenvalue weighted by atomic mass is 10.1. The van der Waals surface area contributed by atoms with Crippen molar-refractivity contribution in [1.29, 1.82) is 0 Å². The van der Waals surface area contributed by atoms with Gasteiger partial charge in [0, 0.05) is 23.0 Å². The molecule has 0 bridgehead atoms. The maximum absolute atomic E-state index is 10.9. The zero-order valence-corrected chi connectivity index (χ0v) is 9.01. The molecule has 76 valence electrons. The first-order valence-electron chi connectivity index (χ1n) is 4.63. The largest absolute Gasteiger partial charge is 0.326 e. The zero-order valence-electron chi connectivity index (χ0n) is 8.25. The van der Waals surface area contributed by atoms with Crippen molar-refractivity contribution in [3.8, 4) is 0 Å². The van der Waals surface area contributed by atoms with Gasteiger partial charge in [-0.1, -0.05) is 29.8 Å². The third-order valence-corrected chi connectivity index (χ3v) is 2.48. The molecule has 1 N–H and O–H groups in total. The van der Waals surface area contributed by atoms with Gasteiger partial charge in [0.05, 0.1) is 0 Å². The molecule has 0 aliphatic heterocycles. The molecule has 0 heterocycles. The van der Waals surface area contributed by atoms with E-state index in [9.17, 15) is 4.79 Å². The van der Waals surface area contributed by atoms with Gasteiger partial charge in [0.15, 0.2) is 0 Å². The van der Waals surface area contributed by atoms with Crippen molar-refractivity contribution in [2.24, 2.45) is 0 Å². The average Bonchev–Trinajstić information content (AvgIpc) is 2.18. The first kappa shape index (κ1) is 9.99. The Bertz CT molecular complexity index is 522. The molecule has 0 aliphatic carbocycles. The summed E-state index contributed by atoms with van der Waals surface area (Å²) in [7, 11) is 0. The zero-order chi connectivity index (χ0) is 10.8. The maximum atomic E-state index is 10.9. The fraction of sp³-hybridized carbons (Fsp3) is 0.0833. The molecule has 0 aliphatic rings. The summed E-state index contributed by atoms with van der Waals surface area (Å²) >= 11 is 6.05. The number of carbonyl (C=O) groups excluding carboxylic acids is 1. The molecule has 1 amide bonds. The minimum atomic E-state index is -0.0820. The quantitative estimate of drug-likeness (QED) is 0.782. The molecule has 0 atom stereocenters. The van der Waals surface area contributed by atoms with Crippen LogP contribution in [-0.4, -0.2) is 5.91 Å². The Morgan fingerprint density at radius 1 is 1.27 bits per heavy atom. The van der Waals surface area contributed by atoms with Gasteiger partial charge in [-0.3, -0.25) is 4.79 Å². The molecule has 2 aromatic rings. The lowest BCUT2D eigenvalue weighted by Gasteiger charge is -2.05. The number of rotatable bonds is 1. The van der Waals surface area contributed by atoms with Crippen LogP contribution in [-0.2, 0) is 4.79 Å². The van der Waals surface area contributed by atoms with Crippen LogP contribution in [0.25, 0.3) is 10.8 Å². The fourth-order valence-electron chi connectivity index (χ4n) is 1.52. The highest BCUT2D eigenvalue weighted by atomic mass is 35.5. The van der Waals surface area contributed by atoms with Crippen molar-refractivity contribution in [2.45, 2.75) is 6.92 Å². The predicted molar refractivity (Wildman–Crippen MR) is 63.3 cm³/mol. The van der Waals surface area contributed by atoms with Gasteiger partial charge in [-0.2, -0.15) is 0 Å². The monoisotopic (exact) mass is 219 g/mol. The van der Waals surface area contributed by atoms with Crippen molar-refractivity contribution in [3.05, 3.63) is 41.4 Å². The Morgan fingerprint density at radius 3 is 2.80 bits per heavy atom. The van der Waals surface area contributed by atoms with Crippen LogP contribution in [0.3, 0.4) is 0 Å². The van der Waals surface area contributed by atoms with Crippen LogP contribution in [0.5, 0.6) is 0 Å². The van der Waals surface area contributed by atoms with Gasteiger partial charge in [-0.05, 0) is 23.6 Å².